The molecule has 0 saturated carbocycles. The minimum atomic E-state index is -0.800. The standard InChI is InChI=1S/C72H120O6/c1-4-7-10-13-16-19-22-25-27-29-30-31-32-33-34-35-36-37-38-39-40-41-42-43-45-47-50-53-56-59-62-65-71(74)77-68-69(67-76-70(73)64-61-58-55-52-49-46-24-21-18-15-12-9-6-3)78-72(75)66-63-60-57-54-51-48-44-28-26-23-20-17-14-11-8-5-2/h7,9-10,12,16,18-21,23,25,27-28,30-31,33-34,44,46,49,69H,4-6,8,11,13-15,17,22,24,26,29,32,35-43,45,47-48,50-68H2,1-3H3/b10-7-,12-9-,19-16-,21-18-,23-20-,27-25-,31-30-,34-33-,44-28-,49-46-. The lowest BCUT2D eigenvalue weighted by atomic mass is 10.0. The number of hydrogen-bond acceptors (Lipinski definition) is 6. The van der Waals surface area contributed by atoms with Gasteiger partial charge in [0.1, 0.15) is 13.2 Å². The summed E-state index contributed by atoms with van der Waals surface area (Å²) in [4.78, 5) is 38.3. The molecule has 0 aliphatic rings. The lowest BCUT2D eigenvalue weighted by molar-refractivity contribution is -0.167. The van der Waals surface area contributed by atoms with Crippen LogP contribution in [0.4, 0.5) is 0 Å². The monoisotopic (exact) mass is 1080 g/mol. The molecule has 0 amide bonds. The molecule has 78 heavy (non-hydrogen) atoms. The van der Waals surface area contributed by atoms with E-state index in [2.05, 4.69) is 142 Å². The average molecular weight is 1080 g/mol. The van der Waals surface area contributed by atoms with Crippen LogP contribution in [0.25, 0.3) is 0 Å². The molecule has 0 spiro atoms. The summed E-state index contributed by atoms with van der Waals surface area (Å²) in [7, 11) is 0. The molecule has 0 aliphatic carbocycles. The zero-order valence-electron chi connectivity index (χ0n) is 50.9. The van der Waals surface area contributed by atoms with Gasteiger partial charge >= 0.3 is 17.9 Å². The zero-order chi connectivity index (χ0) is 56.4. The molecule has 6 nitrogen and oxygen atoms in total. The first-order valence-corrected chi connectivity index (χ1v) is 32.5. The molecule has 0 fully saturated rings. The van der Waals surface area contributed by atoms with Gasteiger partial charge in [0.05, 0.1) is 0 Å². The Balaban J connectivity index is 4.24. The van der Waals surface area contributed by atoms with E-state index >= 15 is 0 Å². The van der Waals surface area contributed by atoms with Gasteiger partial charge in [0.15, 0.2) is 6.10 Å². The summed E-state index contributed by atoms with van der Waals surface area (Å²) in [5, 5.41) is 0. The van der Waals surface area contributed by atoms with Crippen LogP contribution in [0.1, 0.15) is 297 Å². The molecular formula is C72H120O6. The average Bonchev–Trinajstić information content (AvgIpc) is 3.44. The summed E-state index contributed by atoms with van der Waals surface area (Å²) < 4.78 is 16.9. The van der Waals surface area contributed by atoms with Crippen LogP contribution >= 0.6 is 0 Å². The van der Waals surface area contributed by atoms with Crippen molar-refractivity contribution in [1.29, 1.82) is 0 Å². The van der Waals surface area contributed by atoms with E-state index in [0.717, 1.165) is 141 Å². The SMILES string of the molecule is CC/C=C\C/C=C\C/C=C\C/C=C\C/C=C\CCCCCCCCCCCCCCCCCC(=O)OCC(COC(=O)CCCCC/C=C\C/C=C\C/C=C\CC)OC(=O)CCCCCCC/C=C\C/C=C\CCCCCC. The second-order valence-electron chi connectivity index (χ2n) is 21.3. The maximum absolute atomic E-state index is 12.9. The molecule has 1 unspecified atom stereocenters. The second kappa shape index (κ2) is 65.3. The summed E-state index contributed by atoms with van der Waals surface area (Å²) in [6, 6.07) is 0. The topological polar surface area (TPSA) is 78.9 Å². The van der Waals surface area contributed by atoms with Crippen LogP contribution in [-0.2, 0) is 28.6 Å². The Hall–Kier alpha value is -4.19. The van der Waals surface area contributed by atoms with Crippen LogP contribution in [0.5, 0.6) is 0 Å². The first-order chi connectivity index (χ1) is 38.5. The Kier molecular flexibility index (Phi) is 61.8. The number of carbonyl (C=O) groups is 3. The van der Waals surface area contributed by atoms with Crippen LogP contribution < -0.4 is 0 Å². The molecular weight excluding hydrogens is 961 g/mol. The smallest absolute Gasteiger partial charge is 0.306 e. The van der Waals surface area contributed by atoms with Crippen molar-refractivity contribution in [2.24, 2.45) is 0 Å². The third-order valence-electron chi connectivity index (χ3n) is 13.7. The van der Waals surface area contributed by atoms with Gasteiger partial charge in [0.2, 0.25) is 0 Å². The van der Waals surface area contributed by atoms with Crippen LogP contribution in [0.2, 0.25) is 0 Å². The highest BCUT2D eigenvalue weighted by molar-refractivity contribution is 5.71. The van der Waals surface area contributed by atoms with E-state index in [-0.39, 0.29) is 31.1 Å². The third-order valence-corrected chi connectivity index (χ3v) is 13.7. The fourth-order valence-electron chi connectivity index (χ4n) is 8.87. The van der Waals surface area contributed by atoms with Crippen molar-refractivity contribution in [3.05, 3.63) is 122 Å². The van der Waals surface area contributed by atoms with Crippen molar-refractivity contribution < 1.29 is 28.6 Å². The van der Waals surface area contributed by atoms with E-state index in [1.165, 1.54) is 116 Å². The molecule has 0 bridgehead atoms. The lowest BCUT2D eigenvalue weighted by Gasteiger charge is -2.18. The molecule has 0 aromatic carbocycles. The number of ether oxygens (including phenoxy) is 3. The summed E-state index contributed by atoms with van der Waals surface area (Å²) in [5.41, 5.74) is 0. The highest BCUT2D eigenvalue weighted by Gasteiger charge is 2.19. The Morgan fingerprint density at radius 3 is 0.795 bits per heavy atom. The molecule has 0 aromatic rings. The maximum atomic E-state index is 12.9. The van der Waals surface area contributed by atoms with E-state index in [4.69, 9.17) is 14.2 Å². The molecule has 0 aromatic heterocycles. The van der Waals surface area contributed by atoms with Gasteiger partial charge in [0.25, 0.3) is 0 Å². The van der Waals surface area contributed by atoms with E-state index < -0.39 is 6.10 Å². The fourth-order valence-corrected chi connectivity index (χ4v) is 8.87. The van der Waals surface area contributed by atoms with E-state index in [0.29, 0.717) is 19.3 Å². The third kappa shape index (κ3) is 62.7. The van der Waals surface area contributed by atoms with Crippen LogP contribution in [0.3, 0.4) is 0 Å². The van der Waals surface area contributed by atoms with Crippen molar-refractivity contribution in [3.8, 4) is 0 Å². The number of allylic oxidation sites excluding steroid dienone is 20. The number of rotatable bonds is 58. The fraction of sp³-hybridized carbons (Fsp3) is 0.681. The Morgan fingerprint density at radius 2 is 0.500 bits per heavy atom. The quantitative estimate of drug-likeness (QED) is 0.0261. The first kappa shape index (κ1) is 73.8. The van der Waals surface area contributed by atoms with Crippen LogP contribution in [0.15, 0.2) is 122 Å². The summed E-state index contributed by atoms with van der Waals surface area (Å²) in [6.07, 6.45) is 90.8. The van der Waals surface area contributed by atoms with Crippen LogP contribution in [0, 0.1) is 0 Å². The van der Waals surface area contributed by atoms with Gasteiger partial charge in [-0.05, 0) is 128 Å². The minimum absolute atomic E-state index is 0.0937. The van der Waals surface area contributed by atoms with Gasteiger partial charge in [-0.2, -0.15) is 0 Å². The minimum Gasteiger partial charge on any atom is -0.462 e. The predicted octanol–water partition coefficient (Wildman–Crippen LogP) is 22.4. The van der Waals surface area contributed by atoms with E-state index in [1.807, 2.05) is 0 Å². The van der Waals surface area contributed by atoms with Crippen molar-refractivity contribution in [2.75, 3.05) is 13.2 Å². The highest BCUT2D eigenvalue weighted by atomic mass is 16.6. The highest BCUT2D eigenvalue weighted by Crippen LogP contribution is 2.16. The molecule has 444 valence electrons. The largest absolute Gasteiger partial charge is 0.462 e. The molecule has 0 N–H and O–H groups in total. The molecule has 0 radical (unpaired) electrons. The second-order valence-corrected chi connectivity index (χ2v) is 21.3. The number of hydrogen-bond donors (Lipinski definition) is 0. The predicted molar refractivity (Wildman–Crippen MR) is 339 cm³/mol. The van der Waals surface area contributed by atoms with Crippen molar-refractivity contribution >= 4 is 17.9 Å². The number of esters is 3. The molecule has 0 heterocycles. The molecule has 1 atom stereocenters. The Morgan fingerprint density at radius 1 is 0.269 bits per heavy atom. The number of unbranched alkanes of at least 4 members (excludes halogenated alkanes) is 27. The van der Waals surface area contributed by atoms with E-state index in [1.54, 1.807) is 0 Å². The van der Waals surface area contributed by atoms with Gasteiger partial charge in [-0.3, -0.25) is 14.4 Å². The van der Waals surface area contributed by atoms with Crippen molar-refractivity contribution in [1.82, 2.24) is 0 Å². The molecule has 0 rings (SSSR count). The Labute approximate surface area is 482 Å². The summed E-state index contributed by atoms with van der Waals surface area (Å²) in [5.74, 6) is -0.933. The lowest BCUT2D eigenvalue weighted by Crippen LogP contribution is -2.30. The normalized spacial score (nSPS) is 12.9. The van der Waals surface area contributed by atoms with Crippen molar-refractivity contribution in [2.45, 2.75) is 303 Å². The van der Waals surface area contributed by atoms with E-state index in [9.17, 15) is 14.4 Å². The van der Waals surface area contributed by atoms with Gasteiger partial charge < -0.3 is 14.2 Å². The summed E-state index contributed by atoms with van der Waals surface area (Å²) >= 11 is 0. The first-order valence-electron chi connectivity index (χ1n) is 32.5. The van der Waals surface area contributed by atoms with Gasteiger partial charge in [0, 0.05) is 19.3 Å². The molecule has 6 heteroatoms. The van der Waals surface area contributed by atoms with Gasteiger partial charge in [-0.1, -0.05) is 271 Å². The molecule has 0 saturated heterocycles. The van der Waals surface area contributed by atoms with Gasteiger partial charge in [-0.25, -0.2) is 0 Å². The van der Waals surface area contributed by atoms with Crippen LogP contribution in [-0.4, -0.2) is 37.2 Å². The maximum Gasteiger partial charge on any atom is 0.306 e. The van der Waals surface area contributed by atoms with Gasteiger partial charge in [-0.15, -0.1) is 0 Å². The molecule has 0 aliphatic heterocycles. The Bertz CT molecular complexity index is 1620. The van der Waals surface area contributed by atoms with Crippen molar-refractivity contribution in [3.63, 3.8) is 0 Å². The summed E-state index contributed by atoms with van der Waals surface area (Å²) in [6.45, 7) is 6.37. The zero-order valence-corrected chi connectivity index (χ0v) is 50.9. The number of carbonyl (C=O) groups excluding carboxylic acids is 3.